The van der Waals surface area contributed by atoms with Gasteiger partial charge in [0.2, 0.25) is 0 Å². The first-order valence-electron chi connectivity index (χ1n) is 11.6. The number of allylic oxidation sites excluding steroid dienone is 4. The average Bonchev–Trinajstić information content (AvgIpc) is 3.44. The third kappa shape index (κ3) is 3.58. The fraction of sp³-hybridized carbons (Fsp3) is 0.357. The highest BCUT2D eigenvalue weighted by molar-refractivity contribution is 6.20. The number of H-pyrrole nitrogens is 2. The molecule has 2 aliphatic heterocycles. The summed E-state index contributed by atoms with van der Waals surface area (Å²) < 4.78 is 0. The maximum Gasteiger partial charge on any atom is 0.0689 e. The molecule has 4 rings (SSSR count). The Kier molecular flexibility index (Phi) is 5.81. The van der Waals surface area contributed by atoms with Crippen molar-refractivity contribution < 1.29 is 0 Å². The molecule has 2 aromatic rings. The van der Waals surface area contributed by atoms with E-state index in [1.54, 1.807) is 0 Å². The monoisotopic (exact) mass is 426 g/mol. The third-order valence-electron chi connectivity index (χ3n) is 6.83. The quantitative estimate of drug-likeness (QED) is 0.515. The summed E-state index contributed by atoms with van der Waals surface area (Å²) in [7, 11) is 0. The van der Waals surface area contributed by atoms with Gasteiger partial charge in [-0.3, -0.25) is 9.98 Å². The van der Waals surface area contributed by atoms with Gasteiger partial charge in [-0.1, -0.05) is 13.8 Å². The van der Waals surface area contributed by atoms with Gasteiger partial charge in [0.25, 0.3) is 0 Å². The van der Waals surface area contributed by atoms with Crippen molar-refractivity contribution >= 4 is 23.6 Å². The van der Waals surface area contributed by atoms with Crippen LogP contribution in [0.25, 0.3) is 12.2 Å². The number of aromatic nitrogens is 2. The Bertz CT molecular complexity index is 1180. The van der Waals surface area contributed by atoms with Gasteiger partial charge in [-0.2, -0.15) is 0 Å². The zero-order valence-electron chi connectivity index (χ0n) is 20.6. The summed E-state index contributed by atoms with van der Waals surface area (Å²) in [5.41, 5.74) is 16.7. The molecule has 2 aromatic heterocycles. The molecule has 2 N–H and O–H groups in total. The lowest BCUT2D eigenvalue weighted by molar-refractivity contribution is 1.11. The first kappa shape index (κ1) is 22.1. The Balaban J connectivity index is 1.78. The Morgan fingerprint density at radius 1 is 0.656 bits per heavy atom. The van der Waals surface area contributed by atoms with Crippen LogP contribution in [0.3, 0.4) is 0 Å². The Morgan fingerprint density at radius 3 is 1.38 bits per heavy atom. The Morgan fingerprint density at radius 2 is 1.03 bits per heavy atom. The summed E-state index contributed by atoms with van der Waals surface area (Å²) in [4.78, 5) is 16.7. The van der Waals surface area contributed by atoms with E-state index in [4.69, 9.17) is 9.98 Å². The van der Waals surface area contributed by atoms with E-state index in [9.17, 15) is 0 Å². The van der Waals surface area contributed by atoms with Crippen LogP contribution in [0.15, 0.2) is 56.1 Å². The predicted molar refractivity (Wildman–Crippen MR) is 137 cm³/mol. The molecular formula is C28H34N4. The molecule has 0 radical (unpaired) electrons. The lowest BCUT2D eigenvalue weighted by atomic mass is 9.91. The maximum absolute atomic E-state index is 4.95. The number of aromatic amines is 2. The smallest absolute Gasteiger partial charge is 0.0689 e. The van der Waals surface area contributed by atoms with Gasteiger partial charge in [0.15, 0.2) is 0 Å². The minimum Gasteiger partial charge on any atom is -0.361 e. The highest BCUT2D eigenvalue weighted by Crippen LogP contribution is 2.38. The van der Waals surface area contributed by atoms with E-state index in [1.807, 2.05) is 0 Å². The van der Waals surface area contributed by atoms with Crippen molar-refractivity contribution in [1.29, 1.82) is 0 Å². The van der Waals surface area contributed by atoms with Crippen LogP contribution in [0.5, 0.6) is 0 Å². The summed E-state index contributed by atoms with van der Waals surface area (Å²) in [6, 6.07) is 0. The van der Waals surface area contributed by atoms with E-state index in [0.717, 1.165) is 47.0 Å². The molecular weight excluding hydrogens is 392 g/mol. The second kappa shape index (κ2) is 8.42. The SMILES string of the molecule is CCc1c(C)c[nH]c1/C=C1\N=C(C)C(C2=C(C)/C(=C\c3[nH]cc(C)c3CC)N=C2C)=C1C. The number of aryl methyl sites for hydroxylation is 2. The van der Waals surface area contributed by atoms with Crippen molar-refractivity contribution in [3.63, 3.8) is 0 Å². The lowest BCUT2D eigenvalue weighted by Crippen LogP contribution is -2.05. The molecule has 0 saturated carbocycles. The third-order valence-corrected chi connectivity index (χ3v) is 6.83. The number of nitrogens with one attached hydrogen (secondary N) is 2. The summed E-state index contributed by atoms with van der Waals surface area (Å²) in [6.45, 7) is 17.3. The molecule has 0 bridgehead atoms. The van der Waals surface area contributed by atoms with Gasteiger partial charge >= 0.3 is 0 Å². The molecule has 32 heavy (non-hydrogen) atoms. The number of aliphatic imine (C=N–C) groups is 2. The van der Waals surface area contributed by atoms with Crippen LogP contribution in [-0.4, -0.2) is 21.4 Å². The molecule has 0 aliphatic carbocycles. The van der Waals surface area contributed by atoms with E-state index in [1.165, 1.54) is 44.5 Å². The molecule has 166 valence electrons. The first-order valence-corrected chi connectivity index (χ1v) is 11.6. The van der Waals surface area contributed by atoms with Crippen molar-refractivity contribution in [2.75, 3.05) is 0 Å². The molecule has 4 nitrogen and oxygen atoms in total. The Labute approximate surface area is 191 Å². The van der Waals surface area contributed by atoms with Gasteiger partial charge in [0.05, 0.1) is 11.4 Å². The highest BCUT2D eigenvalue weighted by Gasteiger charge is 2.28. The molecule has 4 heteroatoms. The standard InChI is InChI=1S/C28H34N4/c1-9-21-15(3)13-29-25(21)11-23-17(5)27(19(7)31-23)28-18(6)24(32-20(28)8)12-26-22(10-2)16(4)14-30-26/h11-14,29-30H,9-10H2,1-8H3/b23-11-,24-12+. The van der Waals surface area contributed by atoms with E-state index in [0.29, 0.717) is 0 Å². The van der Waals surface area contributed by atoms with Crippen LogP contribution in [0.2, 0.25) is 0 Å². The van der Waals surface area contributed by atoms with Crippen molar-refractivity contribution in [3.05, 3.63) is 79.7 Å². The van der Waals surface area contributed by atoms with E-state index in [2.05, 4.69) is 89.9 Å². The van der Waals surface area contributed by atoms with Gasteiger partial charge in [-0.05, 0) is 99.9 Å². The molecule has 0 fully saturated rings. The largest absolute Gasteiger partial charge is 0.361 e. The highest BCUT2D eigenvalue weighted by atomic mass is 14.8. The Hall–Kier alpha value is -3.14. The topological polar surface area (TPSA) is 56.3 Å². The molecule has 0 amide bonds. The lowest BCUT2D eigenvalue weighted by Gasteiger charge is -2.09. The van der Waals surface area contributed by atoms with Crippen molar-refractivity contribution in [2.45, 2.75) is 68.2 Å². The average molecular weight is 427 g/mol. The fourth-order valence-corrected chi connectivity index (χ4v) is 5.07. The summed E-state index contributed by atoms with van der Waals surface area (Å²) in [5.74, 6) is 0. The second-order valence-electron chi connectivity index (χ2n) is 8.89. The number of hydrogen-bond donors (Lipinski definition) is 2. The molecule has 4 heterocycles. The van der Waals surface area contributed by atoms with E-state index < -0.39 is 0 Å². The van der Waals surface area contributed by atoms with Crippen LogP contribution in [0.1, 0.15) is 75.2 Å². The molecule has 0 aromatic carbocycles. The molecule has 0 atom stereocenters. The zero-order valence-corrected chi connectivity index (χ0v) is 20.6. The molecule has 0 spiro atoms. The first-order chi connectivity index (χ1) is 15.3. The van der Waals surface area contributed by atoms with E-state index in [-0.39, 0.29) is 0 Å². The molecule has 0 saturated heterocycles. The van der Waals surface area contributed by atoms with Crippen molar-refractivity contribution in [3.8, 4) is 0 Å². The maximum atomic E-state index is 4.95. The summed E-state index contributed by atoms with van der Waals surface area (Å²) in [6.07, 6.45) is 10.6. The summed E-state index contributed by atoms with van der Waals surface area (Å²) >= 11 is 0. The summed E-state index contributed by atoms with van der Waals surface area (Å²) in [5, 5.41) is 0. The van der Waals surface area contributed by atoms with Crippen LogP contribution in [0.4, 0.5) is 0 Å². The molecule has 2 aliphatic rings. The van der Waals surface area contributed by atoms with Crippen LogP contribution in [-0.2, 0) is 12.8 Å². The van der Waals surface area contributed by atoms with Crippen molar-refractivity contribution in [1.82, 2.24) is 9.97 Å². The van der Waals surface area contributed by atoms with Gasteiger partial charge in [-0.15, -0.1) is 0 Å². The number of nitrogens with zero attached hydrogens (tertiary/aromatic N) is 2. The second-order valence-corrected chi connectivity index (χ2v) is 8.89. The normalized spacial score (nSPS) is 19.1. The van der Waals surface area contributed by atoms with Crippen LogP contribution in [0, 0.1) is 13.8 Å². The van der Waals surface area contributed by atoms with Gasteiger partial charge in [0.1, 0.15) is 0 Å². The van der Waals surface area contributed by atoms with Gasteiger partial charge < -0.3 is 9.97 Å². The minimum atomic E-state index is 1.01. The predicted octanol–water partition coefficient (Wildman–Crippen LogP) is 7.05. The number of hydrogen-bond acceptors (Lipinski definition) is 2. The minimum absolute atomic E-state index is 1.01. The number of rotatable bonds is 5. The zero-order chi connectivity index (χ0) is 23.2. The van der Waals surface area contributed by atoms with Gasteiger partial charge in [-0.25, -0.2) is 0 Å². The van der Waals surface area contributed by atoms with E-state index >= 15 is 0 Å². The van der Waals surface area contributed by atoms with Gasteiger partial charge in [0, 0.05) is 46.4 Å². The van der Waals surface area contributed by atoms with Crippen LogP contribution < -0.4 is 0 Å². The van der Waals surface area contributed by atoms with Crippen molar-refractivity contribution in [2.24, 2.45) is 9.98 Å². The molecule has 0 unspecified atom stereocenters. The fourth-order valence-electron chi connectivity index (χ4n) is 5.07. The van der Waals surface area contributed by atoms with Crippen LogP contribution >= 0.6 is 0 Å².